The second-order valence-electron chi connectivity index (χ2n) is 2.92. The minimum atomic E-state index is 0.0153. The van der Waals surface area contributed by atoms with E-state index in [9.17, 15) is 0 Å². The first kappa shape index (κ1) is 10.7. The number of nitrogens with one attached hydrogen (secondary N) is 1. The highest BCUT2D eigenvalue weighted by Crippen LogP contribution is 2.29. The summed E-state index contributed by atoms with van der Waals surface area (Å²) in [6.07, 6.45) is 0. The zero-order chi connectivity index (χ0) is 11.5. The molecule has 1 aromatic heterocycles. The van der Waals surface area contributed by atoms with Crippen LogP contribution in [0.4, 0.5) is 17.7 Å². The summed E-state index contributed by atoms with van der Waals surface area (Å²) in [6.45, 7) is 0. The Kier molecular flexibility index (Phi) is 2.95. The van der Waals surface area contributed by atoms with Crippen molar-refractivity contribution in [2.75, 3.05) is 18.2 Å². The molecule has 16 heavy (non-hydrogen) atoms. The van der Waals surface area contributed by atoms with Crippen molar-refractivity contribution in [2.24, 2.45) is 0 Å². The fraction of sp³-hybridized carbons (Fsp3) is 0.111. The molecule has 1 aromatic carbocycles. The Hall–Kier alpha value is -1.76. The molecule has 0 aliphatic heterocycles. The number of aromatic nitrogens is 2. The molecule has 2 aromatic rings. The minimum Gasteiger partial charge on any atom is -0.497 e. The number of ether oxygens (including phenoxy) is 1. The van der Waals surface area contributed by atoms with E-state index in [2.05, 4.69) is 31.4 Å². The number of nitrogens with two attached hydrogens (primary N) is 1. The third-order valence-electron chi connectivity index (χ3n) is 1.86. The number of halogens is 1. The lowest BCUT2D eigenvalue weighted by molar-refractivity contribution is 0.415. The first-order chi connectivity index (χ1) is 7.69. The van der Waals surface area contributed by atoms with Crippen LogP contribution in [-0.4, -0.2) is 17.3 Å². The lowest BCUT2D eigenvalue weighted by Gasteiger charge is -2.06. The summed E-state index contributed by atoms with van der Waals surface area (Å²) in [4.78, 5) is 0. The molecule has 6 nitrogen and oxygen atoms in total. The maximum atomic E-state index is 5.31. The Morgan fingerprint density at radius 2 is 2.25 bits per heavy atom. The first-order valence-corrected chi connectivity index (χ1v) is 5.18. The normalized spacial score (nSPS) is 10.1. The van der Waals surface area contributed by atoms with Gasteiger partial charge < -0.3 is 20.2 Å². The minimum absolute atomic E-state index is 0.0153. The predicted octanol–water partition coefficient (Wildman–Crippen LogP) is 2.17. The van der Waals surface area contributed by atoms with Crippen LogP contribution in [-0.2, 0) is 0 Å². The number of benzene rings is 1. The summed E-state index contributed by atoms with van der Waals surface area (Å²) < 4.78 is 11.0. The fourth-order valence-corrected chi connectivity index (χ4v) is 1.47. The maximum Gasteiger partial charge on any atom is 0.321 e. The summed E-state index contributed by atoms with van der Waals surface area (Å²) in [5, 5.41) is 10.2. The monoisotopic (exact) mass is 284 g/mol. The molecule has 0 spiro atoms. The molecule has 0 atom stereocenters. The van der Waals surface area contributed by atoms with Gasteiger partial charge in [0.1, 0.15) is 5.75 Å². The maximum absolute atomic E-state index is 5.31. The highest BCUT2D eigenvalue weighted by atomic mass is 79.9. The van der Waals surface area contributed by atoms with Crippen LogP contribution in [0.5, 0.6) is 5.75 Å². The summed E-state index contributed by atoms with van der Waals surface area (Å²) in [6, 6.07) is 5.72. The third kappa shape index (κ3) is 2.25. The van der Waals surface area contributed by atoms with E-state index >= 15 is 0 Å². The average molecular weight is 285 g/mol. The molecule has 0 unspecified atom stereocenters. The summed E-state index contributed by atoms with van der Waals surface area (Å²) in [5.41, 5.74) is 6.06. The molecule has 0 aliphatic rings. The van der Waals surface area contributed by atoms with E-state index in [-0.39, 0.29) is 12.0 Å². The van der Waals surface area contributed by atoms with E-state index < -0.39 is 0 Å². The van der Waals surface area contributed by atoms with Gasteiger partial charge in [-0.3, -0.25) is 0 Å². The SMILES string of the molecule is COc1ccc(Br)c(Nc2nnc(N)o2)c1. The highest BCUT2D eigenvalue weighted by Gasteiger charge is 2.07. The summed E-state index contributed by atoms with van der Waals surface area (Å²) >= 11 is 3.38. The van der Waals surface area contributed by atoms with Gasteiger partial charge in [0.25, 0.3) is 0 Å². The van der Waals surface area contributed by atoms with E-state index in [1.54, 1.807) is 13.2 Å². The van der Waals surface area contributed by atoms with Crippen LogP contribution in [0.1, 0.15) is 0 Å². The Bertz CT molecular complexity index is 500. The summed E-state index contributed by atoms with van der Waals surface area (Å²) in [5.74, 6) is 0.721. The number of methoxy groups -OCH3 is 1. The van der Waals surface area contributed by atoms with Crippen molar-refractivity contribution in [2.45, 2.75) is 0 Å². The predicted molar refractivity (Wildman–Crippen MR) is 62.7 cm³/mol. The molecule has 0 amide bonds. The van der Waals surface area contributed by atoms with Gasteiger partial charge in [-0.2, -0.15) is 0 Å². The summed E-state index contributed by atoms with van der Waals surface area (Å²) in [7, 11) is 1.59. The lowest BCUT2D eigenvalue weighted by Crippen LogP contribution is -1.93. The number of nitrogens with zero attached hydrogens (tertiary/aromatic N) is 2. The second-order valence-corrected chi connectivity index (χ2v) is 3.77. The Morgan fingerprint density at radius 1 is 1.44 bits per heavy atom. The molecule has 0 fully saturated rings. The van der Waals surface area contributed by atoms with Gasteiger partial charge in [-0.05, 0) is 28.1 Å². The standard InChI is InChI=1S/C9H9BrN4O2/c1-15-5-2-3-6(10)7(4-5)12-9-14-13-8(11)16-9/h2-4H,1H3,(H2,11,13)(H,12,14). The van der Waals surface area contributed by atoms with Crippen molar-refractivity contribution in [3.63, 3.8) is 0 Å². The molecule has 2 rings (SSSR count). The average Bonchev–Trinajstić information content (AvgIpc) is 2.67. The van der Waals surface area contributed by atoms with Crippen molar-refractivity contribution in [1.29, 1.82) is 0 Å². The Morgan fingerprint density at radius 3 is 2.88 bits per heavy atom. The van der Waals surface area contributed by atoms with Crippen molar-refractivity contribution in [3.8, 4) is 5.75 Å². The molecule has 0 saturated heterocycles. The van der Waals surface area contributed by atoms with Crippen LogP contribution in [0.2, 0.25) is 0 Å². The van der Waals surface area contributed by atoms with E-state index in [4.69, 9.17) is 14.9 Å². The van der Waals surface area contributed by atoms with Crippen molar-refractivity contribution < 1.29 is 9.15 Å². The number of rotatable bonds is 3. The van der Waals surface area contributed by atoms with Crippen LogP contribution in [0.25, 0.3) is 0 Å². The van der Waals surface area contributed by atoms with Gasteiger partial charge in [-0.15, -0.1) is 0 Å². The van der Waals surface area contributed by atoms with E-state index in [0.717, 1.165) is 15.9 Å². The molecule has 0 saturated carbocycles. The fourth-order valence-electron chi connectivity index (χ4n) is 1.13. The Labute approximate surface area is 99.9 Å². The topological polar surface area (TPSA) is 86.2 Å². The molecular formula is C9H9BrN4O2. The van der Waals surface area contributed by atoms with Gasteiger partial charge >= 0.3 is 12.0 Å². The second kappa shape index (κ2) is 4.40. The van der Waals surface area contributed by atoms with Gasteiger partial charge in [-0.1, -0.05) is 10.2 Å². The molecule has 1 heterocycles. The van der Waals surface area contributed by atoms with Crippen LogP contribution >= 0.6 is 15.9 Å². The zero-order valence-electron chi connectivity index (χ0n) is 8.40. The molecular weight excluding hydrogens is 276 g/mol. The molecule has 7 heteroatoms. The van der Waals surface area contributed by atoms with E-state index in [1.165, 1.54) is 0 Å². The van der Waals surface area contributed by atoms with Crippen LogP contribution in [0.3, 0.4) is 0 Å². The molecule has 3 N–H and O–H groups in total. The van der Waals surface area contributed by atoms with Crippen LogP contribution in [0, 0.1) is 0 Å². The third-order valence-corrected chi connectivity index (χ3v) is 2.55. The first-order valence-electron chi connectivity index (χ1n) is 4.38. The van der Waals surface area contributed by atoms with Crippen LogP contribution < -0.4 is 15.8 Å². The highest BCUT2D eigenvalue weighted by molar-refractivity contribution is 9.10. The lowest BCUT2D eigenvalue weighted by atomic mass is 10.3. The van der Waals surface area contributed by atoms with Gasteiger partial charge in [0.05, 0.1) is 12.8 Å². The Balaban J connectivity index is 2.26. The van der Waals surface area contributed by atoms with Crippen LogP contribution in [0.15, 0.2) is 27.1 Å². The molecule has 0 radical (unpaired) electrons. The van der Waals surface area contributed by atoms with E-state index in [1.807, 2.05) is 12.1 Å². The van der Waals surface area contributed by atoms with Gasteiger partial charge in [0.15, 0.2) is 0 Å². The molecule has 0 bridgehead atoms. The molecule has 0 aliphatic carbocycles. The smallest absolute Gasteiger partial charge is 0.321 e. The quantitative estimate of drug-likeness (QED) is 0.898. The van der Waals surface area contributed by atoms with Crippen molar-refractivity contribution in [1.82, 2.24) is 10.2 Å². The van der Waals surface area contributed by atoms with Gasteiger partial charge in [-0.25, -0.2) is 0 Å². The number of hydrogen-bond acceptors (Lipinski definition) is 6. The number of hydrogen-bond donors (Lipinski definition) is 2. The van der Waals surface area contributed by atoms with E-state index in [0.29, 0.717) is 0 Å². The largest absolute Gasteiger partial charge is 0.497 e. The van der Waals surface area contributed by atoms with Crippen molar-refractivity contribution >= 4 is 33.6 Å². The number of anilines is 3. The number of nitrogen functional groups attached to an aromatic ring is 1. The molecule has 84 valence electrons. The zero-order valence-corrected chi connectivity index (χ0v) is 9.98. The van der Waals surface area contributed by atoms with Gasteiger partial charge in [0.2, 0.25) is 0 Å². The van der Waals surface area contributed by atoms with Crippen molar-refractivity contribution in [3.05, 3.63) is 22.7 Å². The van der Waals surface area contributed by atoms with Gasteiger partial charge in [0, 0.05) is 10.5 Å².